The van der Waals surface area contributed by atoms with Crippen LogP contribution < -0.4 is 9.64 Å². The van der Waals surface area contributed by atoms with Crippen LogP contribution in [0.1, 0.15) is 32.3 Å². The van der Waals surface area contributed by atoms with Crippen LogP contribution in [0.2, 0.25) is 0 Å². The molecular weight excluding hydrogens is 328 g/mol. The second-order valence-electron chi connectivity index (χ2n) is 6.81. The van der Waals surface area contributed by atoms with Gasteiger partial charge in [-0.15, -0.1) is 0 Å². The number of nitrogens with zero attached hydrogens (tertiary/aromatic N) is 4. The average Bonchev–Trinajstić information content (AvgIpc) is 2.68. The van der Waals surface area contributed by atoms with Gasteiger partial charge in [-0.3, -0.25) is 4.79 Å². The van der Waals surface area contributed by atoms with Gasteiger partial charge in [-0.2, -0.15) is 0 Å². The van der Waals surface area contributed by atoms with E-state index in [9.17, 15) is 4.79 Å². The summed E-state index contributed by atoms with van der Waals surface area (Å²) in [7, 11) is 0. The number of hydrogen-bond acceptors (Lipinski definition) is 5. The van der Waals surface area contributed by atoms with Gasteiger partial charge in [0.2, 0.25) is 5.95 Å². The molecule has 1 aliphatic heterocycles. The van der Waals surface area contributed by atoms with Gasteiger partial charge in [0.15, 0.2) is 6.10 Å². The van der Waals surface area contributed by atoms with Gasteiger partial charge in [0.05, 0.1) is 0 Å². The Labute approximate surface area is 154 Å². The molecule has 6 nitrogen and oxygen atoms in total. The van der Waals surface area contributed by atoms with Crippen molar-refractivity contribution in [3.05, 3.63) is 48.3 Å². The molecule has 0 radical (unpaired) electrons. The fourth-order valence-corrected chi connectivity index (χ4v) is 3.14. The van der Waals surface area contributed by atoms with Crippen molar-refractivity contribution in [2.24, 2.45) is 0 Å². The number of para-hydroxylation sites is 1. The highest BCUT2D eigenvalue weighted by atomic mass is 16.5. The monoisotopic (exact) mass is 354 g/mol. The summed E-state index contributed by atoms with van der Waals surface area (Å²) < 4.78 is 6.00. The molecule has 0 saturated carbocycles. The highest BCUT2D eigenvalue weighted by Gasteiger charge is 2.27. The van der Waals surface area contributed by atoms with E-state index < -0.39 is 6.10 Å². The van der Waals surface area contributed by atoms with E-state index >= 15 is 0 Å². The van der Waals surface area contributed by atoms with Crippen LogP contribution in [-0.2, 0) is 4.79 Å². The average molecular weight is 354 g/mol. The molecule has 1 aromatic heterocycles. The Morgan fingerprint density at radius 2 is 1.65 bits per heavy atom. The first-order chi connectivity index (χ1) is 12.6. The maximum atomic E-state index is 12.8. The summed E-state index contributed by atoms with van der Waals surface area (Å²) in [6, 6.07) is 9.73. The van der Waals surface area contributed by atoms with Crippen molar-refractivity contribution in [1.29, 1.82) is 0 Å². The van der Waals surface area contributed by atoms with Crippen LogP contribution in [0.15, 0.2) is 42.7 Å². The molecule has 3 rings (SSSR count). The van der Waals surface area contributed by atoms with Gasteiger partial charge in [-0.05, 0) is 30.5 Å². The molecule has 6 heteroatoms. The fourth-order valence-electron chi connectivity index (χ4n) is 3.14. The van der Waals surface area contributed by atoms with Crippen LogP contribution in [0.3, 0.4) is 0 Å². The van der Waals surface area contributed by atoms with E-state index in [1.165, 1.54) is 0 Å². The van der Waals surface area contributed by atoms with E-state index in [0.717, 1.165) is 30.4 Å². The molecular formula is C20H26N4O2. The number of piperazine rings is 1. The highest BCUT2D eigenvalue weighted by Crippen LogP contribution is 2.27. The number of benzene rings is 1. The van der Waals surface area contributed by atoms with E-state index in [1.54, 1.807) is 18.5 Å². The Morgan fingerprint density at radius 3 is 2.31 bits per heavy atom. The molecule has 1 amide bonds. The first-order valence-electron chi connectivity index (χ1n) is 9.12. The summed E-state index contributed by atoms with van der Waals surface area (Å²) >= 11 is 0. The van der Waals surface area contributed by atoms with Gasteiger partial charge < -0.3 is 14.5 Å². The maximum Gasteiger partial charge on any atom is 0.263 e. The standard InChI is InChI=1S/C20H26N4O2/c1-15(2)17-7-4-5-8-18(17)26-16(3)19(25)23-11-13-24(14-12-23)20-21-9-6-10-22-20/h4-10,15-16H,11-14H2,1-3H3/t16-/m1/s1. The Bertz CT molecular complexity index is 728. The quantitative estimate of drug-likeness (QED) is 0.826. The zero-order valence-corrected chi connectivity index (χ0v) is 15.6. The maximum absolute atomic E-state index is 12.8. The van der Waals surface area contributed by atoms with E-state index in [1.807, 2.05) is 30.0 Å². The molecule has 2 aromatic rings. The summed E-state index contributed by atoms with van der Waals surface area (Å²) in [4.78, 5) is 25.3. The van der Waals surface area contributed by atoms with Gasteiger partial charge >= 0.3 is 0 Å². The van der Waals surface area contributed by atoms with E-state index in [2.05, 4.69) is 34.8 Å². The summed E-state index contributed by atoms with van der Waals surface area (Å²) in [5, 5.41) is 0. The van der Waals surface area contributed by atoms with Crippen molar-refractivity contribution in [2.75, 3.05) is 31.1 Å². The van der Waals surface area contributed by atoms with Crippen molar-refractivity contribution >= 4 is 11.9 Å². The number of ether oxygens (including phenoxy) is 1. The third-order valence-corrected chi connectivity index (χ3v) is 4.62. The first-order valence-corrected chi connectivity index (χ1v) is 9.12. The van der Waals surface area contributed by atoms with Gasteiger partial charge in [-0.1, -0.05) is 32.0 Å². The highest BCUT2D eigenvalue weighted by molar-refractivity contribution is 5.81. The Hall–Kier alpha value is -2.63. The van der Waals surface area contributed by atoms with Crippen LogP contribution >= 0.6 is 0 Å². The summed E-state index contributed by atoms with van der Waals surface area (Å²) in [6.07, 6.45) is 2.97. The lowest BCUT2D eigenvalue weighted by Gasteiger charge is -2.35. The molecule has 1 aliphatic rings. The van der Waals surface area contributed by atoms with Crippen molar-refractivity contribution in [3.63, 3.8) is 0 Å². The normalized spacial score (nSPS) is 15.8. The minimum atomic E-state index is -0.505. The Morgan fingerprint density at radius 1 is 1.00 bits per heavy atom. The lowest BCUT2D eigenvalue weighted by molar-refractivity contribution is -0.138. The van der Waals surface area contributed by atoms with E-state index in [-0.39, 0.29) is 5.91 Å². The molecule has 0 spiro atoms. The molecule has 138 valence electrons. The smallest absolute Gasteiger partial charge is 0.263 e. The zero-order valence-electron chi connectivity index (χ0n) is 15.6. The third kappa shape index (κ3) is 4.12. The predicted molar refractivity (Wildman–Crippen MR) is 101 cm³/mol. The first kappa shape index (κ1) is 18.2. The van der Waals surface area contributed by atoms with Crippen molar-refractivity contribution in [2.45, 2.75) is 32.8 Å². The zero-order chi connectivity index (χ0) is 18.5. The van der Waals surface area contributed by atoms with Crippen LogP contribution in [0.4, 0.5) is 5.95 Å². The molecule has 1 saturated heterocycles. The van der Waals surface area contributed by atoms with Gasteiger partial charge in [0.25, 0.3) is 5.91 Å². The molecule has 26 heavy (non-hydrogen) atoms. The number of anilines is 1. The molecule has 0 N–H and O–H groups in total. The molecule has 1 fully saturated rings. The lowest BCUT2D eigenvalue weighted by Crippen LogP contribution is -2.52. The summed E-state index contributed by atoms with van der Waals surface area (Å²) in [5.74, 6) is 1.88. The number of rotatable bonds is 5. The molecule has 1 aromatic carbocycles. The number of carbonyl (C=O) groups excluding carboxylic acids is 1. The molecule has 0 unspecified atom stereocenters. The fraction of sp³-hybridized carbons (Fsp3) is 0.450. The second-order valence-corrected chi connectivity index (χ2v) is 6.81. The minimum absolute atomic E-state index is 0.0252. The number of hydrogen-bond donors (Lipinski definition) is 0. The number of amides is 1. The molecule has 0 bridgehead atoms. The van der Waals surface area contributed by atoms with Gasteiger partial charge in [-0.25, -0.2) is 9.97 Å². The topological polar surface area (TPSA) is 58.6 Å². The Balaban J connectivity index is 1.58. The van der Waals surface area contributed by atoms with E-state index in [4.69, 9.17) is 4.74 Å². The van der Waals surface area contributed by atoms with E-state index in [0.29, 0.717) is 19.0 Å². The van der Waals surface area contributed by atoms with Crippen LogP contribution in [0.5, 0.6) is 5.75 Å². The van der Waals surface area contributed by atoms with Gasteiger partial charge in [0, 0.05) is 38.6 Å². The van der Waals surface area contributed by atoms with Crippen molar-refractivity contribution in [1.82, 2.24) is 14.9 Å². The number of carbonyl (C=O) groups is 1. The molecule has 2 heterocycles. The SMILES string of the molecule is CC(C)c1ccccc1O[C@H](C)C(=O)N1CCN(c2ncccn2)CC1. The Kier molecular flexibility index (Phi) is 5.71. The number of aromatic nitrogens is 2. The van der Waals surface area contributed by atoms with Crippen molar-refractivity contribution in [3.8, 4) is 5.75 Å². The third-order valence-electron chi connectivity index (χ3n) is 4.62. The predicted octanol–water partition coefficient (Wildman–Crippen LogP) is 2.72. The van der Waals surface area contributed by atoms with Crippen LogP contribution in [-0.4, -0.2) is 53.1 Å². The summed E-state index contributed by atoms with van der Waals surface area (Å²) in [6.45, 7) is 8.83. The molecule has 0 aliphatic carbocycles. The van der Waals surface area contributed by atoms with Gasteiger partial charge in [0.1, 0.15) is 5.75 Å². The van der Waals surface area contributed by atoms with Crippen LogP contribution in [0.25, 0.3) is 0 Å². The molecule has 1 atom stereocenters. The summed E-state index contributed by atoms with van der Waals surface area (Å²) in [5.41, 5.74) is 1.12. The lowest BCUT2D eigenvalue weighted by atomic mass is 10.0. The van der Waals surface area contributed by atoms with Crippen molar-refractivity contribution < 1.29 is 9.53 Å². The van der Waals surface area contributed by atoms with Crippen LogP contribution in [0, 0.1) is 0 Å². The largest absolute Gasteiger partial charge is 0.481 e. The second kappa shape index (κ2) is 8.17. The minimum Gasteiger partial charge on any atom is -0.481 e.